The number of thioether (sulfide) groups is 2. The van der Waals surface area contributed by atoms with Crippen molar-refractivity contribution in [3.05, 3.63) is 102 Å². The van der Waals surface area contributed by atoms with Gasteiger partial charge in [0, 0.05) is 29.3 Å². The van der Waals surface area contributed by atoms with Crippen molar-refractivity contribution in [1.29, 1.82) is 0 Å². The number of amides is 2. The fourth-order valence-corrected chi connectivity index (χ4v) is 5.41. The van der Waals surface area contributed by atoms with E-state index in [-0.39, 0.29) is 17.2 Å². The lowest BCUT2D eigenvalue weighted by Gasteiger charge is -2.24. The number of hydrogen-bond donors (Lipinski definition) is 1. The molecule has 1 saturated heterocycles. The van der Waals surface area contributed by atoms with Crippen molar-refractivity contribution in [3.63, 3.8) is 0 Å². The van der Waals surface area contributed by atoms with Gasteiger partial charge in [-0.15, -0.1) is 23.5 Å². The number of nitrogens with one attached hydrogen (secondary N) is 1. The zero-order chi connectivity index (χ0) is 21.5. The third-order valence-corrected chi connectivity index (χ3v) is 7.29. The van der Waals surface area contributed by atoms with Gasteiger partial charge >= 0.3 is 0 Å². The van der Waals surface area contributed by atoms with Gasteiger partial charge in [0.25, 0.3) is 5.91 Å². The van der Waals surface area contributed by atoms with Gasteiger partial charge in [-0.1, -0.05) is 60.7 Å². The highest BCUT2D eigenvalue weighted by molar-refractivity contribution is 8.00. The van der Waals surface area contributed by atoms with Gasteiger partial charge < -0.3 is 10.2 Å². The number of carbonyl (C=O) groups excluding carboxylic acids is 2. The van der Waals surface area contributed by atoms with E-state index in [4.69, 9.17) is 0 Å². The quantitative estimate of drug-likeness (QED) is 0.390. The summed E-state index contributed by atoms with van der Waals surface area (Å²) in [6.45, 7) is 1.20. The van der Waals surface area contributed by atoms with E-state index in [1.54, 1.807) is 23.5 Å². The number of rotatable bonds is 8. The van der Waals surface area contributed by atoms with Crippen molar-refractivity contribution in [2.45, 2.75) is 16.8 Å². The smallest absolute Gasteiger partial charge is 0.251 e. The van der Waals surface area contributed by atoms with Crippen LogP contribution in [-0.4, -0.2) is 34.8 Å². The highest BCUT2D eigenvalue weighted by Gasteiger charge is 2.32. The third-order valence-electron chi connectivity index (χ3n) is 5.02. The number of carbonyl (C=O) groups is 2. The summed E-state index contributed by atoms with van der Waals surface area (Å²) in [6, 6.07) is 27.8. The molecule has 0 spiro atoms. The van der Waals surface area contributed by atoms with Gasteiger partial charge in [0.2, 0.25) is 5.91 Å². The van der Waals surface area contributed by atoms with Crippen LogP contribution in [0.1, 0.15) is 26.9 Å². The monoisotopic (exact) mass is 448 g/mol. The second kappa shape index (κ2) is 10.6. The molecule has 158 valence electrons. The Bertz CT molecular complexity index is 1010. The molecule has 1 heterocycles. The zero-order valence-corrected chi connectivity index (χ0v) is 18.7. The molecule has 2 amide bonds. The van der Waals surface area contributed by atoms with Crippen LogP contribution in [0.25, 0.3) is 0 Å². The molecule has 1 atom stereocenters. The first-order chi connectivity index (χ1) is 15.2. The first-order valence-electron chi connectivity index (χ1n) is 10.2. The fraction of sp³-hybridized carbons (Fsp3) is 0.200. The molecule has 4 nitrogen and oxygen atoms in total. The maximum atomic E-state index is 12.5. The van der Waals surface area contributed by atoms with Crippen molar-refractivity contribution >= 4 is 35.3 Å². The Hall–Kier alpha value is -2.70. The number of benzene rings is 3. The largest absolute Gasteiger partial charge is 0.351 e. The molecule has 0 bridgehead atoms. The van der Waals surface area contributed by atoms with Crippen LogP contribution in [0, 0.1) is 0 Å². The molecule has 1 fully saturated rings. The van der Waals surface area contributed by atoms with Crippen molar-refractivity contribution in [3.8, 4) is 0 Å². The summed E-state index contributed by atoms with van der Waals surface area (Å²) in [6.07, 6.45) is 0. The van der Waals surface area contributed by atoms with Crippen LogP contribution in [-0.2, 0) is 11.3 Å². The van der Waals surface area contributed by atoms with Crippen LogP contribution in [0.3, 0.4) is 0 Å². The predicted molar refractivity (Wildman–Crippen MR) is 128 cm³/mol. The van der Waals surface area contributed by atoms with E-state index < -0.39 is 0 Å². The summed E-state index contributed by atoms with van der Waals surface area (Å²) in [7, 11) is 0. The Morgan fingerprint density at radius 3 is 2.35 bits per heavy atom. The van der Waals surface area contributed by atoms with E-state index in [9.17, 15) is 9.59 Å². The third kappa shape index (κ3) is 5.71. The van der Waals surface area contributed by atoms with Crippen molar-refractivity contribution in [1.82, 2.24) is 10.2 Å². The molecule has 6 heteroatoms. The minimum Gasteiger partial charge on any atom is -0.351 e. The summed E-state index contributed by atoms with van der Waals surface area (Å²) in [5.41, 5.74) is 2.80. The Kier molecular flexibility index (Phi) is 7.33. The molecule has 3 aromatic rings. The Morgan fingerprint density at radius 2 is 1.65 bits per heavy atom. The van der Waals surface area contributed by atoms with E-state index in [0.29, 0.717) is 24.4 Å². The molecule has 1 N–H and O–H groups in total. The Morgan fingerprint density at radius 1 is 0.968 bits per heavy atom. The molecule has 31 heavy (non-hydrogen) atoms. The van der Waals surface area contributed by atoms with Crippen LogP contribution < -0.4 is 5.32 Å². The standard InChI is InChI=1S/C25H24N2O2S2/c28-23-18-31-25(27(23)17-19-7-3-1-4-8-19)21-13-11-20(12-14-21)24(29)26-15-16-30-22-9-5-2-6-10-22/h1-14,25H,15-18H2,(H,26,29). The molecule has 0 aliphatic carbocycles. The first-order valence-corrected chi connectivity index (χ1v) is 12.2. The lowest BCUT2D eigenvalue weighted by molar-refractivity contribution is -0.128. The van der Waals surface area contributed by atoms with Gasteiger partial charge in [0.05, 0.1) is 5.75 Å². The SMILES string of the molecule is O=C(NCCSc1ccccc1)c1ccc(C2SCC(=O)N2Cc2ccccc2)cc1. The highest BCUT2D eigenvalue weighted by atomic mass is 32.2. The summed E-state index contributed by atoms with van der Waals surface area (Å²) in [4.78, 5) is 28.0. The molecule has 1 aliphatic heterocycles. The average Bonchev–Trinajstić information content (AvgIpc) is 3.18. The highest BCUT2D eigenvalue weighted by Crippen LogP contribution is 2.39. The van der Waals surface area contributed by atoms with E-state index in [2.05, 4.69) is 17.4 Å². The van der Waals surface area contributed by atoms with Gasteiger partial charge in [-0.25, -0.2) is 0 Å². The first kappa shape index (κ1) is 21.5. The van der Waals surface area contributed by atoms with E-state index in [0.717, 1.165) is 16.9 Å². The molecule has 4 rings (SSSR count). The normalized spacial score (nSPS) is 15.8. The van der Waals surface area contributed by atoms with Crippen LogP contribution in [0.5, 0.6) is 0 Å². The number of nitrogens with zero attached hydrogens (tertiary/aromatic N) is 1. The lowest BCUT2D eigenvalue weighted by atomic mass is 10.1. The van der Waals surface area contributed by atoms with Gasteiger partial charge in [-0.05, 0) is 35.4 Å². The molecule has 3 aromatic carbocycles. The van der Waals surface area contributed by atoms with Crippen LogP contribution in [0.15, 0.2) is 89.8 Å². The van der Waals surface area contributed by atoms with E-state index in [1.807, 2.05) is 77.7 Å². The number of hydrogen-bond acceptors (Lipinski definition) is 4. The Labute approximate surface area is 191 Å². The van der Waals surface area contributed by atoms with E-state index in [1.165, 1.54) is 4.90 Å². The molecule has 0 aromatic heterocycles. The topological polar surface area (TPSA) is 49.4 Å². The summed E-state index contributed by atoms with van der Waals surface area (Å²) >= 11 is 3.36. The van der Waals surface area contributed by atoms with Crippen LogP contribution in [0.4, 0.5) is 0 Å². The van der Waals surface area contributed by atoms with Gasteiger partial charge in [-0.2, -0.15) is 0 Å². The van der Waals surface area contributed by atoms with Crippen molar-refractivity contribution in [2.75, 3.05) is 18.1 Å². The van der Waals surface area contributed by atoms with Crippen LogP contribution >= 0.6 is 23.5 Å². The van der Waals surface area contributed by atoms with E-state index >= 15 is 0 Å². The summed E-state index contributed by atoms with van der Waals surface area (Å²) in [5.74, 6) is 1.38. The van der Waals surface area contributed by atoms with Crippen molar-refractivity contribution in [2.24, 2.45) is 0 Å². The summed E-state index contributed by atoms with van der Waals surface area (Å²) in [5, 5.41) is 2.96. The lowest BCUT2D eigenvalue weighted by Crippen LogP contribution is -2.28. The fourth-order valence-electron chi connectivity index (χ4n) is 3.43. The molecule has 0 saturated carbocycles. The summed E-state index contributed by atoms with van der Waals surface area (Å²) < 4.78 is 0. The van der Waals surface area contributed by atoms with Gasteiger partial charge in [0.15, 0.2) is 0 Å². The van der Waals surface area contributed by atoms with Gasteiger partial charge in [-0.3, -0.25) is 9.59 Å². The second-order valence-corrected chi connectivity index (χ2v) is 9.45. The van der Waals surface area contributed by atoms with Crippen molar-refractivity contribution < 1.29 is 9.59 Å². The minimum absolute atomic E-state index is 0.0212. The zero-order valence-electron chi connectivity index (χ0n) is 17.1. The molecular formula is C25H24N2O2S2. The second-order valence-electron chi connectivity index (χ2n) is 7.21. The maximum absolute atomic E-state index is 12.5. The predicted octanol–water partition coefficient (Wildman–Crippen LogP) is 4.98. The van der Waals surface area contributed by atoms with Gasteiger partial charge in [0.1, 0.15) is 5.37 Å². The molecule has 1 unspecified atom stereocenters. The minimum atomic E-state index is -0.0727. The molecule has 1 aliphatic rings. The average molecular weight is 449 g/mol. The van der Waals surface area contributed by atoms with Crippen LogP contribution in [0.2, 0.25) is 0 Å². The Balaban J connectivity index is 1.32. The molecular weight excluding hydrogens is 424 g/mol. The maximum Gasteiger partial charge on any atom is 0.251 e. The molecule has 0 radical (unpaired) electrons.